The van der Waals surface area contributed by atoms with Crippen molar-refractivity contribution in [3.05, 3.63) is 44.0 Å². The summed E-state index contributed by atoms with van der Waals surface area (Å²) in [4.78, 5) is 29.8. The highest BCUT2D eigenvalue weighted by molar-refractivity contribution is 5.68. The van der Waals surface area contributed by atoms with Crippen LogP contribution in [0.3, 0.4) is 0 Å². The minimum atomic E-state index is -1.20. The molecule has 0 aliphatic carbocycles. The molecule has 1 rings (SSSR count). The van der Waals surface area contributed by atoms with E-state index in [4.69, 9.17) is 9.84 Å². The van der Waals surface area contributed by atoms with E-state index in [1.165, 1.54) is 0 Å². The van der Waals surface area contributed by atoms with Crippen LogP contribution in [0.1, 0.15) is 5.56 Å². The van der Waals surface area contributed by atoms with Crippen LogP contribution in [-0.2, 0) is 16.1 Å². The van der Waals surface area contributed by atoms with Crippen molar-refractivity contribution in [1.82, 2.24) is 0 Å². The molecule has 0 radical (unpaired) electrons. The molecule has 0 saturated carbocycles. The zero-order chi connectivity index (χ0) is 13.7. The summed E-state index contributed by atoms with van der Waals surface area (Å²) in [7, 11) is 0. The molecular weight excluding hydrogens is 248 g/mol. The lowest BCUT2D eigenvalue weighted by Crippen LogP contribution is -2.07. The van der Waals surface area contributed by atoms with Crippen molar-refractivity contribution in [2.75, 3.05) is 6.61 Å². The van der Waals surface area contributed by atoms with Gasteiger partial charge in [-0.1, -0.05) is 0 Å². The zero-order valence-electron chi connectivity index (χ0n) is 8.94. The van der Waals surface area contributed by atoms with Crippen molar-refractivity contribution in [3.8, 4) is 0 Å². The Morgan fingerprint density at radius 1 is 1.17 bits per heavy atom. The summed E-state index contributed by atoms with van der Waals surface area (Å²) >= 11 is 0. The molecule has 0 aliphatic rings. The Hall–Kier alpha value is -2.55. The minimum Gasteiger partial charge on any atom is -0.480 e. The summed E-state index contributed by atoms with van der Waals surface area (Å²) in [5, 5.41) is 29.5. The minimum absolute atomic E-state index is 0.164. The van der Waals surface area contributed by atoms with Crippen molar-refractivity contribution in [2.24, 2.45) is 0 Å². The van der Waals surface area contributed by atoms with Crippen LogP contribution in [0.2, 0.25) is 0 Å². The van der Waals surface area contributed by atoms with Crippen LogP contribution in [0.5, 0.6) is 0 Å². The molecule has 0 aliphatic heterocycles. The normalized spacial score (nSPS) is 10.0. The topological polar surface area (TPSA) is 133 Å². The van der Waals surface area contributed by atoms with Gasteiger partial charge in [-0.15, -0.1) is 0 Å². The standard InChI is InChI=1S/C9H8N2O7/c12-9(13)5-18-4-6-1-7(10(14)15)3-8(2-6)11(16)17/h1-3H,4-5H2,(H,12,13). The Bertz CT molecular complexity index is 467. The van der Waals surface area contributed by atoms with E-state index < -0.39 is 33.8 Å². The van der Waals surface area contributed by atoms with E-state index in [1.807, 2.05) is 0 Å². The molecule has 1 N–H and O–H groups in total. The van der Waals surface area contributed by atoms with Gasteiger partial charge in [0.25, 0.3) is 11.4 Å². The van der Waals surface area contributed by atoms with E-state index in [9.17, 15) is 25.0 Å². The van der Waals surface area contributed by atoms with Crippen molar-refractivity contribution in [2.45, 2.75) is 6.61 Å². The molecule has 0 bridgehead atoms. The summed E-state index contributed by atoms with van der Waals surface area (Å²) in [6.45, 7) is -0.842. The lowest BCUT2D eigenvalue weighted by molar-refractivity contribution is -0.394. The molecule has 9 heteroatoms. The van der Waals surface area contributed by atoms with Crippen molar-refractivity contribution in [1.29, 1.82) is 0 Å². The monoisotopic (exact) mass is 256 g/mol. The van der Waals surface area contributed by atoms with Crippen LogP contribution in [0.15, 0.2) is 18.2 Å². The number of rotatable bonds is 6. The predicted molar refractivity (Wildman–Crippen MR) is 57.0 cm³/mol. The number of nitro benzene ring substituents is 2. The number of carboxylic acids is 1. The van der Waals surface area contributed by atoms with Gasteiger partial charge in [0.15, 0.2) is 0 Å². The number of benzene rings is 1. The molecular formula is C9H8N2O7. The van der Waals surface area contributed by atoms with E-state index in [2.05, 4.69) is 0 Å². The Morgan fingerprint density at radius 3 is 2.06 bits per heavy atom. The predicted octanol–water partition coefficient (Wildman–Crippen LogP) is 1.10. The number of nitro groups is 2. The van der Waals surface area contributed by atoms with Crippen LogP contribution in [-0.4, -0.2) is 27.5 Å². The maximum absolute atomic E-state index is 10.6. The van der Waals surface area contributed by atoms with Gasteiger partial charge in [-0.2, -0.15) is 0 Å². The number of hydrogen-bond donors (Lipinski definition) is 1. The lowest BCUT2D eigenvalue weighted by atomic mass is 10.2. The summed E-state index contributed by atoms with van der Waals surface area (Å²) in [5.74, 6) is -1.20. The fourth-order valence-corrected chi connectivity index (χ4v) is 1.21. The lowest BCUT2D eigenvalue weighted by Gasteiger charge is -2.02. The quantitative estimate of drug-likeness (QED) is 0.595. The number of ether oxygens (including phenoxy) is 1. The molecule has 96 valence electrons. The van der Waals surface area contributed by atoms with Crippen LogP contribution >= 0.6 is 0 Å². The van der Waals surface area contributed by atoms with Crippen LogP contribution < -0.4 is 0 Å². The molecule has 18 heavy (non-hydrogen) atoms. The fraction of sp³-hybridized carbons (Fsp3) is 0.222. The number of aliphatic carboxylic acids is 1. The Balaban J connectivity index is 2.93. The van der Waals surface area contributed by atoms with Gasteiger partial charge in [0.05, 0.1) is 22.5 Å². The molecule has 0 aromatic heterocycles. The van der Waals surface area contributed by atoms with Gasteiger partial charge in [0, 0.05) is 12.1 Å². The third-order valence-corrected chi connectivity index (χ3v) is 1.88. The SMILES string of the molecule is O=C(O)COCc1cc([N+](=O)[O-])cc([N+](=O)[O-])c1. The van der Waals surface area contributed by atoms with Gasteiger partial charge in [-0.05, 0) is 5.56 Å². The molecule has 0 amide bonds. The van der Waals surface area contributed by atoms with Crippen LogP contribution in [0, 0.1) is 20.2 Å². The Kier molecular flexibility index (Phi) is 4.27. The van der Waals surface area contributed by atoms with Gasteiger partial charge in [0.2, 0.25) is 0 Å². The van der Waals surface area contributed by atoms with Gasteiger partial charge in [0.1, 0.15) is 6.61 Å². The maximum Gasteiger partial charge on any atom is 0.329 e. The average molecular weight is 256 g/mol. The zero-order valence-corrected chi connectivity index (χ0v) is 8.94. The Morgan fingerprint density at radius 2 is 1.67 bits per heavy atom. The number of hydrogen-bond acceptors (Lipinski definition) is 6. The van der Waals surface area contributed by atoms with E-state index in [-0.39, 0.29) is 12.2 Å². The average Bonchev–Trinajstić information content (AvgIpc) is 2.28. The van der Waals surface area contributed by atoms with Crippen molar-refractivity contribution >= 4 is 17.3 Å². The maximum atomic E-state index is 10.6. The summed E-state index contributed by atoms with van der Waals surface area (Å²) in [5.41, 5.74) is -0.728. The molecule has 0 spiro atoms. The third-order valence-electron chi connectivity index (χ3n) is 1.88. The van der Waals surface area contributed by atoms with E-state index in [1.54, 1.807) is 0 Å². The second-order valence-electron chi connectivity index (χ2n) is 3.26. The molecule has 9 nitrogen and oxygen atoms in total. The largest absolute Gasteiger partial charge is 0.480 e. The van der Waals surface area contributed by atoms with Crippen molar-refractivity contribution < 1.29 is 24.5 Å². The highest BCUT2D eigenvalue weighted by atomic mass is 16.6. The second-order valence-corrected chi connectivity index (χ2v) is 3.26. The summed E-state index contributed by atoms with van der Waals surface area (Å²) in [6, 6.07) is 3.00. The third kappa shape index (κ3) is 3.79. The van der Waals surface area contributed by atoms with Gasteiger partial charge < -0.3 is 9.84 Å². The molecule has 0 unspecified atom stereocenters. The number of non-ortho nitro benzene ring substituents is 2. The number of carbonyl (C=O) groups is 1. The molecule has 1 aromatic rings. The summed E-state index contributed by atoms with van der Waals surface area (Å²) in [6.07, 6.45) is 0. The first-order valence-corrected chi connectivity index (χ1v) is 4.62. The van der Waals surface area contributed by atoms with E-state index >= 15 is 0 Å². The van der Waals surface area contributed by atoms with Gasteiger partial charge in [-0.3, -0.25) is 20.2 Å². The van der Waals surface area contributed by atoms with E-state index in [0.717, 1.165) is 18.2 Å². The first-order chi connectivity index (χ1) is 8.40. The van der Waals surface area contributed by atoms with Crippen LogP contribution in [0.4, 0.5) is 11.4 Å². The molecule has 0 fully saturated rings. The molecule has 0 heterocycles. The number of carboxylic acid groups (broad SMARTS) is 1. The highest BCUT2D eigenvalue weighted by Crippen LogP contribution is 2.23. The fourth-order valence-electron chi connectivity index (χ4n) is 1.21. The van der Waals surface area contributed by atoms with Gasteiger partial charge >= 0.3 is 5.97 Å². The van der Waals surface area contributed by atoms with Crippen LogP contribution in [0.25, 0.3) is 0 Å². The molecule has 0 saturated heterocycles. The highest BCUT2D eigenvalue weighted by Gasteiger charge is 2.16. The Labute approximate surface area is 99.9 Å². The molecule has 1 aromatic carbocycles. The molecule has 0 atom stereocenters. The number of nitrogens with zero attached hydrogens (tertiary/aromatic N) is 2. The first-order valence-electron chi connectivity index (χ1n) is 4.62. The summed E-state index contributed by atoms with van der Waals surface area (Å²) < 4.78 is 4.71. The van der Waals surface area contributed by atoms with Crippen molar-refractivity contribution in [3.63, 3.8) is 0 Å². The smallest absolute Gasteiger partial charge is 0.329 e. The first kappa shape index (κ1) is 13.5. The van der Waals surface area contributed by atoms with Gasteiger partial charge in [-0.25, -0.2) is 4.79 Å². The van der Waals surface area contributed by atoms with E-state index in [0.29, 0.717) is 0 Å². The second kappa shape index (κ2) is 5.68.